The number of fused-ring (bicyclic) bond motifs is 1. The van der Waals surface area contributed by atoms with Crippen molar-refractivity contribution in [2.24, 2.45) is 0 Å². The van der Waals surface area contributed by atoms with Crippen LogP contribution >= 0.6 is 0 Å². The fourth-order valence-corrected chi connectivity index (χ4v) is 3.38. The molecule has 1 atom stereocenters. The van der Waals surface area contributed by atoms with Gasteiger partial charge in [0.1, 0.15) is 0 Å². The second-order valence-corrected chi connectivity index (χ2v) is 6.15. The van der Waals surface area contributed by atoms with Crippen molar-refractivity contribution in [2.45, 2.75) is 18.9 Å². The van der Waals surface area contributed by atoms with E-state index in [1.165, 1.54) is 11.1 Å². The molecule has 0 bridgehead atoms. The van der Waals surface area contributed by atoms with Crippen LogP contribution in [0.5, 0.6) is 0 Å². The normalized spacial score (nSPS) is 15.8. The van der Waals surface area contributed by atoms with Crippen LogP contribution in [0.4, 0.5) is 5.69 Å². The number of likely N-dealkylation sites (N-methyl/N-ethyl adjacent to an activating group) is 1. The van der Waals surface area contributed by atoms with Gasteiger partial charge in [-0.05, 0) is 36.1 Å². The highest BCUT2D eigenvalue weighted by Crippen LogP contribution is 2.35. The van der Waals surface area contributed by atoms with Crippen molar-refractivity contribution in [1.29, 1.82) is 0 Å². The average Bonchev–Trinajstić information content (AvgIpc) is 3.05. The molecular weight excluding hydrogens is 296 g/mol. The van der Waals surface area contributed by atoms with Crippen molar-refractivity contribution in [3.63, 3.8) is 0 Å². The number of nitrogens with zero attached hydrogens (tertiary/aromatic N) is 2. The molecule has 0 saturated heterocycles. The minimum absolute atomic E-state index is 0.0563. The smallest absolute Gasteiger partial charge is 0.240 e. The lowest BCUT2D eigenvalue weighted by Gasteiger charge is -2.29. The number of hydrogen-bond donors (Lipinski definition) is 0. The number of anilines is 1. The molecule has 1 aliphatic carbocycles. The quantitative estimate of drug-likeness (QED) is 0.790. The Balaban J connectivity index is 1.76. The van der Waals surface area contributed by atoms with Gasteiger partial charge in [0.05, 0.1) is 13.1 Å². The van der Waals surface area contributed by atoms with E-state index < -0.39 is 0 Å². The summed E-state index contributed by atoms with van der Waals surface area (Å²) in [5, 5.41) is 0. The maximum Gasteiger partial charge on any atom is 0.240 e. The van der Waals surface area contributed by atoms with Gasteiger partial charge in [-0.1, -0.05) is 48.4 Å². The first-order valence-electron chi connectivity index (χ1n) is 8.27. The maximum atomic E-state index is 12.7. The lowest BCUT2D eigenvalue weighted by Crippen LogP contribution is -2.40. The standard InChI is InChI=1S/C21H22N2O/c1-3-15-23(20-14-13-17-9-7-8-12-19(17)20)16-21(24)22(2)18-10-5-4-6-11-18/h1,4-12,20H,13-16H2,2H3/t20-/m0/s1. The summed E-state index contributed by atoms with van der Waals surface area (Å²) in [5.41, 5.74) is 3.58. The highest BCUT2D eigenvalue weighted by molar-refractivity contribution is 5.94. The molecule has 3 nitrogen and oxygen atoms in total. The van der Waals surface area contributed by atoms with Crippen LogP contribution in [0.25, 0.3) is 0 Å². The summed E-state index contributed by atoms with van der Waals surface area (Å²) in [6.45, 7) is 0.808. The van der Waals surface area contributed by atoms with E-state index in [0.717, 1.165) is 18.5 Å². The molecule has 1 aliphatic rings. The van der Waals surface area contributed by atoms with Crippen LogP contribution in [0.3, 0.4) is 0 Å². The van der Waals surface area contributed by atoms with Crippen molar-refractivity contribution in [3.05, 3.63) is 65.7 Å². The Bertz CT molecular complexity index is 748. The van der Waals surface area contributed by atoms with Crippen LogP contribution in [-0.2, 0) is 11.2 Å². The van der Waals surface area contributed by atoms with E-state index in [-0.39, 0.29) is 11.9 Å². The lowest BCUT2D eigenvalue weighted by atomic mass is 10.1. The first kappa shape index (κ1) is 16.3. The number of rotatable bonds is 5. The molecule has 0 radical (unpaired) electrons. The monoisotopic (exact) mass is 318 g/mol. The SMILES string of the molecule is C#CCN(CC(=O)N(C)c1ccccc1)[C@H]1CCc2ccccc21. The number of carbonyl (C=O) groups is 1. The minimum atomic E-state index is 0.0563. The van der Waals surface area contributed by atoms with Crippen molar-refractivity contribution in [2.75, 3.05) is 25.0 Å². The van der Waals surface area contributed by atoms with Gasteiger partial charge in [-0.15, -0.1) is 6.42 Å². The van der Waals surface area contributed by atoms with Gasteiger partial charge in [0, 0.05) is 18.8 Å². The van der Waals surface area contributed by atoms with Gasteiger partial charge in [0.25, 0.3) is 0 Å². The largest absolute Gasteiger partial charge is 0.314 e. The summed E-state index contributed by atoms with van der Waals surface area (Å²) < 4.78 is 0. The van der Waals surface area contributed by atoms with Crippen LogP contribution in [0.1, 0.15) is 23.6 Å². The van der Waals surface area contributed by atoms with Crippen molar-refractivity contribution < 1.29 is 4.79 Å². The van der Waals surface area contributed by atoms with E-state index in [2.05, 4.69) is 35.1 Å². The summed E-state index contributed by atoms with van der Waals surface area (Å²) in [4.78, 5) is 16.5. The molecular formula is C21H22N2O. The number of carbonyl (C=O) groups excluding carboxylic acids is 1. The fraction of sp³-hybridized carbons (Fsp3) is 0.286. The summed E-state index contributed by atoms with van der Waals surface area (Å²) in [6, 6.07) is 18.4. The molecule has 3 rings (SSSR count). The number of amides is 1. The Morgan fingerprint density at radius 1 is 1.17 bits per heavy atom. The molecule has 24 heavy (non-hydrogen) atoms. The number of para-hydroxylation sites is 1. The topological polar surface area (TPSA) is 23.6 Å². The molecule has 0 saturated carbocycles. The van der Waals surface area contributed by atoms with Gasteiger partial charge in [-0.2, -0.15) is 0 Å². The molecule has 0 unspecified atom stereocenters. The van der Waals surface area contributed by atoms with Gasteiger partial charge >= 0.3 is 0 Å². The summed E-state index contributed by atoms with van der Waals surface area (Å²) in [7, 11) is 1.81. The zero-order chi connectivity index (χ0) is 16.9. The Hall–Kier alpha value is -2.57. The van der Waals surface area contributed by atoms with E-state index in [1.807, 2.05) is 37.4 Å². The zero-order valence-corrected chi connectivity index (χ0v) is 14.0. The van der Waals surface area contributed by atoms with Crippen LogP contribution in [0.15, 0.2) is 54.6 Å². The van der Waals surface area contributed by atoms with Crippen LogP contribution in [0, 0.1) is 12.3 Å². The molecule has 122 valence electrons. The number of benzene rings is 2. The van der Waals surface area contributed by atoms with Crippen molar-refractivity contribution in [3.8, 4) is 12.3 Å². The van der Waals surface area contributed by atoms with Crippen LogP contribution in [0.2, 0.25) is 0 Å². The molecule has 0 heterocycles. The number of hydrogen-bond acceptors (Lipinski definition) is 2. The molecule has 0 N–H and O–H groups in total. The first-order valence-corrected chi connectivity index (χ1v) is 8.27. The third kappa shape index (κ3) is 3.34. The predicted molar refractivity (Wildman–Crippen MR) is 97.8 cm³/mol. The van der Waals surface area contributed by atoms with Crippen molar-refractivity contribution in [1.82, 2.24) is 4.90 Å². The third-order valence-electron chi connectivity index (χ3n) is 4.69. The highest BCUT2D eigenvalue weighted by atomic mass is 16.2. The highest BCUT2D eigenvalue weighted by Gasteiger charge is 2.29. The lowest BCUT2D eigenvalue weighted by molar-refractivity contribution is -0.119. The number of aryl methyl sites for hydroxylation is 1. The molecule has 3 heteroatoms. The molecule has 0 aromatic heterocycles. The van der Waals surface area contributed by atoms with Gasteiger partial charge in [-0.25, -0.2) is 0 Å². The summed E-state index contributed by atoms with van der Waals surface area (Å²) >= 11 is 0. The van der Waals surface area contributed by atoms with E-state index in [4.69, 9.17) is 6.42 Å². The van der Waals surface area contributed by atoms with Crippen LogP contribution < -0.4 is 4.90 Å². The molecule has 2 aromatic rings. The summed E-state index contributed by atoms with van der Waals surface area (Å²) in [6.07, 6.45) is 7.63. The molecule has 2 aromatic carbocycles. The minimum Gasteiger partial charge on any atom is -0.314 e. The predicted octanol–water partition coefficient (Wildman–Crippen LogP) is 3.27. The fourth-order valence-electron chi connectivity index (χ4n) is 3.38. The third-order valence-corrected chi connectivity index (χ3v) is 4.69. The maximum absolute atomic E-state index is 12.7. The van der Waals surface area contributed by atoms with E-state index >= 15 is 0 Å². The van der Waals surface area contributed by atoms with Crippen LogP contribution in [-0.4, -0.2) is 30.9 Å². The van der Waals surface area contributed by atoms with Crippen molar-refractivity contribution >= 4 is 11.6 Å². The molecule has 1 amide bonds. The summed E-state index contributed by atoms with van der Waals surface area (Å²) in [5.74, 6) is 2.77. The zero-order valence-electron chi connectivity index (χ0n) is 14.0. The molecule has 0 fully saturated rings. The first-order chi connectivity index (χ1) is 11.7. The van der Waals surface area contributed by atoms with Gasteiger partial charge in [0.15, 0.2) is 0 Å². The van der Waals surface area contributed by atoms with Gasteiger partial charge in [-0.3, -0.25) is 9.69 Å². The average molecular weight is 318 g/mol. The van der Waals surface area contributed by atoms with E-state index in [1.54, 1.807) is 4.90 Å². The molecule has 0 aliphatic heterocycles. The van der Waals surface area contributed by atoms with E-state index in [0.29, 0.717) is 13.1 Å². The Morgan fingerprint density at radius 2 is 1.88 bits per heavy atom. The Morgan fingerprint density at radius 3 is 2.62 bits per heavy atom. The second-order valence-electron chi connectivity index (χ2n) is 6.15. The van der Waals surface area contributed by atoms with E-state index in [9.17, 15) is 4.79 Å². The second kappa shape index (κ2) is 7.33. The van der Waals surface area contributed by atoms with Gasteiger partial charge in [0.2, 0.25) is 5.91 Å². The van der Waals surface area contributed by atoms with Gasteiger partial charge < -0.3 is 4.90 Å². The Kier molecular flexibility index (Phi) is 4.98. The molecule has 0 spiro atoms. The Labute approximate surface area is 143 Å². The number of terminal acetylenes is 1.